The smallest absolute Gasteiger partial charge is 0.238 e. The standard InChI is InChI=1S/C18H19ClFN3O2/c19-16-11-13(20)1-6-17(16)21-18(25)12-22-7-9-23(10-8-22)14-2-4-15(24)5-3-14/h1-6,11,24H,7-10,12H2,(H,21,25). The normalized spacial score (nSPS) is 15.2. The minimum atomic E-state index is -0.437. The van der Waals surface area contributed by atoms with Gasteiger partial charge in [-0.1, -0.05) is 11.6 Å². The number of phenolic OH excluding ortho intramolecular Hbond substituents is 1. The van der Waals surface area contributed by atoms with Gasteiger partial charge in [-0.2, -0.15) is 0 Å². The van der Waals surface area contributed by atoms with E-state index in [0.29, 0.717) is 5.69 Å². The molecule has 2 aromatic rings. The Morgan fingerprint density at radius 2 is 1.80 bits per heavy atom. The fourth-order valence-corrected chi connectivity index (χ4v) is 3.03. The van der Waals surface area contributed by atoms with Crippen molar-refractivity contribution in [1.29, 1.82) is 0 Å². The third-order valence-corrected chi connectivity index (χ3v) is 4.47. The number of rotatable bonds is 4. The van der Waals surface area contributed by atoms with E-state index in [4.69, 9.17) is 11.6 Å². The Kier molecular flexibility index (Phi) is 5.40. The van der Waals surface area contributed by atoms with Gasteiger partial charge >= 0.3 is 0 Å². The maximum atomic E-state index is 13.0. The number of benzene rings is 2. The van der Waals surface area contributed by atoms with E-state index < -0.39 is 5.82 Å². The van der Waals surface area contributed by atoms with Crippen LogP contribution in [0.2, 0.25) is 5.02 Å². The third-order valence-electron chi connectivity index (χ3n) is 4.16. The third kappa shape index (κ3) is 4.61. The van der Waals surface area contributed by atoms with Crippen molar-refractivity contribution in [1.82, 2.24) is 4.90 Å². The van der Waals surface area contributed by atoms with Crippen LogP contribution < -0.4 is 10.2 Å². The molecule has 0 saturated carbocycles. The summed E-state index contributed by atoms with van der Waals surface area (Å²) in [5, 5.41) is 12.2. The number of hydrogen-bond acceptors (Lipinski definition) is 4. The summed E-state index contributed by atoms with van der Waals surface area (Å²) in [6, 6.07) is 11.0. The maximum Gasteiger partial charge on any atom is 0.238 e. The monoisotopic (exact) mass is 363 g/mol. The summed E-state index contributed by atoms with van der Waals surface area (Å²) in [5.74, 6) is -0.363. The lowest BCUT2D eigenvalue weighted by Gasteiger charge is -2.35. The lowest BCUT2D eigenvalue weighted by atomic mass is 10.2. The van der Waals surface area contributed by atoms with E-state index in [0.717, 1.165) is 31.9 Å². The highest BCUT2D eigenvalue weighted by Crippen LogP contribution is 2.23. The number of amides is 1. The number of halogens is 2. The first-order chi connectivity index (χ1) is 12.0. The Bertz CT molecular complexity index is 746. The van der Waals surface area contributed by atoms with Crippen LogP contribution >= 0.6 is 11.6 Å². The zero-order valence-electron chi connectivity index (χ0n) is 13.6. The molecule has 2 aromatic carbocycles. The molecule has 0 bridgehead atoms. The second-order valence-corrected chi connectivity index (χ2v) is 6.36. The highest BCUT2D eigenvalue weighted by atomic mass is 35.5. The molecule has 0 atom stereocenters. The van der Waals surface area contributed by atoms with Gasteiger partial charge in [0.25, 0.3) is 0 Å². The van der Waals surface area contributed by atoms with Gasteiger partial charge in [0, 0.05) is 31.9 Å². The van der Waals surface area contributed by atoms with Gasteiger partial charge in [-0.3, -0.25) is 9.69 Å². The van der Waals surface area contributed by atoms with Gasteiger partial charge < -0.3 is 15.3 Å². The first kappa shape index (κ1) is 17.5. The predicted octanol–water partition coefficient (Wildman–Crippen LogP) is 2.95. The summed E-state index contributed by atoms with van der Waals surface area (Å²) in [6.07, 6.45) is 0. The van der Waals surface area contributed by atoms with Crippen LogP contribution in [0.3, 0.4) is 0 Å². The summed E-state index contributed by atoms with van der Waals surface area (Å²) < 4.78 is 13.0. The predicted molar refractivity (Wildman–Crippen MR) is 96.8 cm³/mol. The number of phenols is 1. The zero-order valence-corrected chi connectivity index (χ0v) is 14.3. The second-order valence-electron chi connectivity index (χ2n) is 5.95. The van der Waals surface area contributed by atoms with Crippen LogP contribution in [0.25, 0.3) is 0 Å². The van der Waals surface area contributed by atoms with Crippen molar-refractivity contribution >= 4 is 28.9 Å². The lowest BCUT2D eigenvalue weighted by Crippen LogP contribution is -2.48. The highest BCUT2D eigenvalue weighted by Gasteiger charge is 2.19. The van der Waals surface area contributed by atoms with Crippen molar-refractivity contribution in [3.05, 3.63) is 53.3 Å². The number of carbonyl (C=O) groups excluding carboxylic acids is 1. The number of nitrogens with zero attached hydrogens (tertiary/aromatic N) is 2. The van der Waals surface area contributed by atoms with Gasteiger partial charge in [-0.05, 0) is 42.5 Å². The average molecular weight is 364 g/mol. The average Bonchev–Trinajstić information content (AvgIpc) is 2.59. The molecule has 1 fully saturated rings. The molecule has 2 N–H and O–H groups in total. The van der Waals surface area contributed by atoms with Crippen molar-refractivity contribution in [2.75, 3.05) is 42.9 Å². The minimum Gasteiger partial charge on any atom is -0.508 e. The molecule has 132 valence electrons. The van der Waals surface area contributed by atoms with Crippen LogP contribution in [0, 0.1) is 5.82 Å². The fourth-order valence-electron chi connectivity index (χ4n) is 2.81. The Balaban J connectivity index is 1.50. The Hall–Kier alpha value is -2.31. The molecule has 5 nitrogen and oxygen atoms in total. The van der Waals surface area contributed by atoms with E-state index in [2.05, 4.69) is 15.1 Å². The zero-order chi connectivity index (χ0) is 17.8. The summed E-state index contributed by atoms with van der Waals surface area (Å²) >= 11 is 5.92. The van der Waals surface area contributed by atoms with E-state index in [9.17, 15) is 14.3 Å². The molecule has 1 aliphatic rings. The summed E-state index contributed by atoms with van der Waals surface area (Å²) in [7, 11) is 0. The molecule has 0 aromatic heterocycles. The Labute approximate surface area is 150 Å². The first-order valence-corrected chi connectivity index (χ1v) is 8.40. The molecular formula is C18H19ClFN3O2. The fraction of sp³-hybridized carbons (Fsp3) is 0.278. The quantitative estimate of drug-likeness (QED) is 0.877. The topological polar surface area (TPSA) is 55.8 Å². The van der Waals surface area contributed by atoms with E-state index >= 15 is 0 Å². The summed E-state index contributed by atoms with van der Waals surface area (Å²) in [4.78, 5) is 16.4. The van der Waals surface area contributed by atoms with Gasteiger partial charge in [0.15, 0.2) is 0 Å². The summed E-state index contributed by atoms with van der Waals surface area (Å²) in [6.45, 7) is 3.37. The molecule has 1 heterocycles. The molecular weight excluding hydrogens is 345 g/mol. The van der Waals surface area contributed by atoms with E-state index in [-0.39, 0.29) is 23.2 Å². The molecule has 3 rings (SSSR count). The van der Waals surface area contributed by atoms with Crippen molar-refractivity contribution in [3.8, 4) is 5.75 Å². The minimum absolute atomic E-state index is 0.174. The van der Waals surface area contributed by atoms with Gasteiger partial charge in [0.2, 0.25) is 5.91 Å². The number of piperazine rings is 1. The number of aromatic hydroxyl groups is 1. The number of anilines is 2. The van der Waals surface area contributed by atoms with Crippen molar-refractivity contribution < 1.29 is 14.3 Å². The van der Waals surface area contributed by atoms with Crippen LogP contribution in [0.5, 0.6) is 5.75 Å². The van der Waals surface area contributed by atoms with Crippen molar-refractivity contribution in [2.45, 2.75) is 0 Å². The largest absolute Gasteiger partial charge is 0.508 e. The molecule has 0 unspecified atom stereocenters. The van der Waals surface area contributed by atoms with Crippen molar-refractivity contribution in [3.63, 3.8) is 0 Å². The van der Waals surface area contributed by atoms with Crippen LogP contribution in [-0.4, -0.2) is 48.6 Å². The first-order valence-electron chi connectivity index (χ1n) is 8.02. The molecule has 1 aliphatic heterocycles. The van der Waals surface area contributed by atoms with Crippen molar-refractivity contribution in [2.24, 2.45) is 0 Å². The molecule has 0 radical (unpaired) electrons. The second kappa shape index (κ2) is 7.72. The van der Waals surface area contributed by atoms with Gasteiger partial charge in [-0.25, -0.2) is 4.39 Å². The van der Waals surface area contributed by atoms with E-state index in [1.807, 2.05) is 12.1 Å². The van der Waals surface area contributed by atoms with Crippen LogP contribution in [0.4, 0.5) is 15.8 Å². The molecule has 1 saturated heterocycles. The molecule has 25 heavy (non-hydrogen) atoms. The van der Waals surface area contributed by atoms with E-state index in [1.54, 1.807) is 12.1 Å². The molecule has 0 spiro atoms. The highest BCUT2D eigenvalue weighted by molar-refractivity contribution is 6.33. The number of hydrogen-bond donors (Lipinski definition) is 2. The molecule has 7 heteroatoms. The Morgan fingerprint density at radius 1 is 1.12 bits per heavy atom. The van der Waals surface area contributed by atoms with Gasteiger partial charge in [0.1, 0.15) is 11.6 Å². The molecule has 0 aliphatic carbocycles. The SMILES string of the molecule is O=C(CN1CCN(c2ccc(O)cc2)CC1)Nc1ccc(F)cc1Cl. The van der Waals surface area contributed by atoms with Crippen LogP contribution in [0.15, 0.2) is 42.5 Å². The van der Waals surface area contributed by atoms with Crippen LogP contribution in [-0.2, 0) is 4.79 Å². The number of nitrogens with one attached hydrogen (secondary N) is 1. The van der Waals surface area contributed by atoms with E-state index in [1.165, 1.54) is 18.2 Å². The molecule has 1 amide bonds. The maximum absolute atomic E-state index is 13.0. The lowest BCUT2D eigenvalue weighted by molar-refractivity contribution is -0.117. The Morgan fingerprint density at radius 3 is 2.44 bits per heavy atom. The van der Waals surface area contributed by atoms with Gasteiger partial charge in [-0.15, -0.1) is 0 Å². The van der Waals surface area contributed by atoms with Crippen LogP contribution in [0.1, 0.15) is 0 Å². The summed E-state index contributed by atoms with van der Waals surface area (Å²) in [5.41, 5.74) is 1.47. The van der Waals surface area contributed by atoms with Gasteiger partial charge in [0.05, 0.1) is 17.3 Å². The number of carbonyl (C=O) groups is 1.